The number of para-hydroxylation sites is 1. The summed E-state index contributed by atoms with van der Waals surface area (Å²) >= 11 is 12.6. The summed E-state index contributed by atoms with van der Waals surface area (Å²) in [5.74, 6) is 2.08. The van der Waals surface area contributed by atoms with Gasteiger partial charge in [-0.1, -0.05) is 59.6 Å². The summed E-state index contributed by atoms with van der Waals surface area (Å²) in [5.41, 5.74) is 3.64. The second-order valence-corrected chi connectivity index (χ2v) is 8.39. The van der Waals surface area contributed by atoms with E-state index in [1.165, 1.54) is 0 Å². The van der Waals surface area contributed by atoms with Crippen LogP contribution in [0.1, 0.15) is 15.9 Å². The molecule has 6 heteroatoms. The number of H-pyrrole nitrogens is 1. The molecule has 33 heavy (non-hydrogen) atoms. The van der Waals surface area contributed by atoms with Gasteiger partial charge < -0.3 is 9.72 Å². The van der Waals surface area contributed by atoms with Crippen molar-refractivity contribution < 1.29 is 9.53 Å². The van der Waals surface area contributed by atoms with Gasteiger partial charge in [0.2, 0.25) is 0 Å². The topological polar surface area (TPSA) is 55.0 Å². The Kier molecular flexibility index (Phi) is 5.86. The van der Waals surface area contributed by atoms with E-state index in [1.807, 2.05) is 66.7 Å². The van der Waals surface area contributed by atoms with E-state index in [1.54, 1.807) is 24.3 Å². The summed E-state index contributed by atoms with van der Waals surface area (Å²) in [6, 6.07) is 27.9. The lowest BCUT2D eigenvalue weighted by atomic mass is 10.0. The Hall–Kier alpha value is -3.60. The van der Waals surface area contributed by atoms with Crippen LogP contribution in [0.2, 0.25) is 10.0 Å². The summed E-state index contributed by atoms with van der Waals surface area (Å²) in [7, 11) is 0. The molecule has 0 fully saturated rings. The molecule has 5 rings (SSSR count). The molecular weight excluding hydrogens is 455 g/mol. The van der Waals surface area contributed by atoms with Crippen LogP contribution < -0.4 is 4.74 Å². The van der Waals surface area contributed by atoms with Crippen LogP contribution in [0.4, 0.5) is 0 Å². The molecule has 0 radical (unpaired) electrons. The quantitative estimate of drug-likeness (QED) is 0.257. The fraction of sp³-hybridized carbons (Fsp3) is 0.0370. The largest absolute Gasteiger partial charge is 0.457 e. The van der Waals surface area contributed by atoms with Crippen molar-refractivity contribution in [2.75, 3.05) is 0 Å². The van der Waals surface area contributed by atoms with Gasteiger partial charge in [0.05, 0.1) is 26.6 Å². The van der Waals surface area contributed by atoms with Gasteiger partial charge in [-0.15, -0.1) is 0 Å². The fourth-order valence-corrected chi connectivity index (χ4v) is 4.19. The molecule has 0 unspecified atom stereocenters. The highest BCUT2D eigenvalue weighted by molar-refractivity contribution is 6.39. The minimum absolute atomic E-state index is 0.0144. The average molecular weight is 473 g/mol. The SMILES string of the molecule is O=C(Cc1ccc(Oc2ccccc2)cc1)c1ccc2nc(-c3c(Cl)cccc3Cl)[nH]c2c1. The van der Waals surface area contributed by atoms with Gasteiger partial charge in [0.1, 0.15) is 17.3 Å². The number of ether oxygens (including phenoxy) is 1. The van der Waals surface area contributed by atoms with E-state index in [2.05, 4.69) is 9.97 Å². The smallest absolute Gasteiger partial charge is 0.167 e. The van der Waals surface area contributed by atoms with Crippen LogP contribution in [0.5, 0.6) is 11.5 Å². The van der Waals surface area contributed by atoms with E-state index in [4.69, 9.17) is 27.9 Å². The molecule has 4 nitrogen and oxygen atoms in total. The van der Waals surface area contributed by atoms with Crippen molar-refractivity contribution >= 4 is 40.0 Å². The zero-order valence-corrected chi connectivity index (χ0v) is 18.9. The second kappa shape index (κ2) is 9.10. The number of fused-ring (bicyclic) bond motifs is 1. The van der Waals surface area contributed by atoms with Crippen LogP contribution in [-0.4, -0.2) is 15.8 Å². The molecule has 1 heterocycles. The van der Waals surface area contributed by atoms with Gasteiger partial charge in [0, 0.05) is 12.0 Å². The standard InChI is InChI=1S/C27H18Cl2N2O2/c28-21-7-4-8-22(29)26(21)27-30-23-14-11-18(16-24(23)31-27)25(32)15-17-9-12-20(13-10-17)33-19-5-2-1-3-6-19/h1-14,16H,15H2,(H,30,31). The third-order valence-corrected chi connectivity index (χ3v) is 5.90. The summed E-state index contributed by atoms with van der Waals surface area (Å²) in [6.45, 7) is 0. The number of aromatic nitrogens is 2. The molecule has 0 spiro atoms. The van der Waals surface area contributed by atoms with Gasteiger partial charge in [0.15, 0.2) is 5.78 Å². The number of aromatic amines is 1. The first-order valence-corrected chi connectivity index (χ1v) is 11.1. The van der Waals surface area contributed by atoms with Gasteiger partial charge >= 0.3 is 0 Å². The molecule has 4 aromatic carbocycles. The molecule has 0 saturated heterocycles. The predicted molar refractivity (Wildman–Crippen MR) is 133 cm³/mol. The normalized spacial score (nSPS) is 11.0. The Balaban J connectivity index is 1.33. The van der Waals surface area contributed by atoms with Gasteiger partial charge in [-0.25, -0.2) is 4.98 Å². The lowest BCUT2D eigenvalue weighted by Crippen LogP contribution is -2.03. The number of hydrogen-bond acceptors (Lipinski definition) is 3. The minimum Gasteiger partial charge on any atom is -0.457 e. The van der Waals surface area contributed by atoms with Crippen molar-refractivity contribution in [2.24, 2.45) is 0 Å². The maximum absolute atomic E-state index is 12.9. The molecule has 0 aliphatic rings. The average Bonchev–Trinajstić information content (AvgIpc) is 3.23. The molecule has 0 atom stereocenters. The molecule has 1 aromatic heterocycles. The third-order valence-electron chi connectivity index (χ3n) is 5.27. The molecule has 0 bridgehead atoms. The predicted octanol–water partition coefficient (Wildman–Crippen LogP) is 7.75. The highest BCUT2D eigenvalue weighted by atomic mass is 35.5. The number of nitrogens with zero attached hydrogens (tertiary/aromatic N) is 1. The first-order valence-electron chi connectivity index (χ1n) is 10.4. The number of imidazole rings is 1. The van der Waals surface area contributed by atoms with Crippen LogP contribution in [0.3, 0.4) is 0 Å². The van der Waals surface area contributed by atoms with Crippen molar-refractivity contribution in [1.82, 2.24) is 9.97 Å². The van der Waals surface area contributed by atoms with Crippen LogP contribution in [0, 0.1) is 0 Å². The van der Waals surface area contributed by atoms with E-state index >= 15 is 0 Å². The monoisotopic (exact) mass is 472 g/mol. The first-order chi connectivity index (χ1) is 16.1. The number of ketones is 1. The number of halogens is 2. The Labute approximate surface area is 200 Å². The maximum atomic E-state index is 12.9. The number of benzene rings is 4. The van der Waals surface area contributed by atoms with Gasteiger partial charge in [0.25, 0.3) is 0 Å². The van der Waals surface area contributed by atoms with Crippen molar-refractivity contribution in [3.63, 3.8) is 0 Å². The molecule has 1 N–H and O–H groups in total. The van der Waals surface area contributed by atoms with Crippen LogP contribution in [0.25, 0.3) is 22.4 Å². The number of rotatable bonds is 6. The second-order valence-electron chi connectivity index (χ2n) is 7.57. The molecule has 0 aliphatic carbocycles. The Bertz CT molecular complexity index is 1420. The van der Waals surface area contributed by atoms with Gasteiger partial charge in [-0.05, 0) is 60.2 Å². The molecule has 0 aliphatic heterocycles. The van der Waals surface area contributed by atoms with Crippen molar-refractivity contribution in [3.8, 4) is 22.9 Å². The summed E-state index contributed by atoms with van der Waals surface area (Å²) in [4.78, 5) is 20.7. The van der Waals surface area contributed by atoms with Crippen molar-refractivity contribution in [2.45, 2.75) is 6.42 Å². The summed E-state index contributed by atoms with van der Waals surface area (Å²) in [6.07, 6.45) is 0.286. The Morgan fingerprint density at radius 2 is 1.52 bits per heavy atom. The number of nitrogens with one attached hydrogen (secondary N) is 1. The molecular formula is C27H18Cl2N2O2. The highest BCUT2D eigenvalue weighted by Gasteiger charge is 2.14. The van der Waals surface area contributed by atoms with E-state index in [0.717, 1.165) is 28.1 Å². The Morgan fingerprint density at radius 3 is 2.24 bits per heavy atom. The number of carbonyl (C=O) groups excluding carboxylic acids is 1. The fourth-order valence-electron chi connectivity index (χ4n) is 3.61. The number of carbonyl (C=O) groups is 1. The zero-order valence-electron chi connectivity index (χ0n) is 17.4. The van der Waals surface area contributed by atoms with Crippen LogP contribution >= 0.6 is 23.2 Å². The van der Waals surface area contributed by atoms with Crippen molar-refractivity contribution in [3.05, 3.63) is 112 Å². The molecule has 162 valence electrons. The Morgan fingerprint density at radius 1 is 0.818 bits per heavy atom. The third kappa shape index (κ3) is 4.63. The lowest BCUT2D eigenvalue weighted by molar-refractivity contribution is 0.0993. The zero-order chi connectivity index (χ0) is 22.8. The molecule has 5 aromatic rings. The first kappa shape index (κ1) is 21.3. The molecule has 0 amide bonds. The van der Waals surface area contributed by atoms with E-state index in [0.29, 0.717) is 27.0 Å². The van der Waals surface area contributed by atoms with Crippen molar-refractivity contribution in [1.29, 1.82) is 0 Å². The minimum atomic E-state index is 0.0144. The highest BCUT2D eigenvalue weighted by Crippen LogP contribution is 2.34. The summed E-state index contributed by atoms with van der Waals surface area (Å²) in [5, 5.41) is 1.02. The molecule has 0 saturated carbocycles. The number of Topliss-reactive ketones (excluding diaryl/α,β-unsaturated/α-hetero) is 1. The van der Waals surface area contributed by atoms with E-state index in [9.17, 15) is 4.79 Å². The van der Waals surface area contributed by atoms with Crippen LogP contribution in [0.15, 0.2) is 91.0 Å². The van der Waals surface area contributed by atoms with Gasteiger partial charge in [-0.3, -0.25) is 4.79 Å². The number of hydrogen-bond donors (Lipinski definition) is 1. The maximum Gasteiger partial charge on any atom is 0.167 e. The van der Waals surface area contributed by atoms with E-state index in [-0.39, 0.29) is 12.2 Å². The van der Waals surface area contributed by atoms with Gasteiger partial charge in [-0.2, -0.15) is 0 Å². The lowest BCUT2D eigenvalue weighted by Gasteiger charge is -2.07. The summed E-state index contributed by atoms with van der Waals surface area (Å²) < 4.78 is 5.81. The van der Waals surface area contributed by atoms with Crippen LogP contribution in [-0.2, 0) is 6.42 Å². The van der Waals surface area contributed by atoms with E-state index < -0.39 is 0 Å².